The Labute approximate surface area is 182 Å². The number of aliphatic carboxylic acids is 1. The van der Waals surface area contributed by atoms with Gasteiger partial charge < -0.3 is 19.5 Å². The molecule has 9 nitrogen and oxygen atoms in total. The summed E-state index contributed by atoms with van der Waals surface area (Å²) in [6.45, 7) is 5.64. The summed E-state index contributed by atoms with van der Waals surface area (Å²) in [6.07, 6.45) is 4.75. The van der Waals surface area contributed by atoms with E-state index in [0.29, 0.717) is 0 Å². The van der Waals surface area contributed by atoms with Crippen LogP contribution < -0.4 is 5.48 Å². The first-order valence-corrected chi connectivity index (χ1v) is 11.1. The van der Waals surface area contributed by atoms with Crippen LogP contribution in [0.3, 0.4) is 0 Å². The Morgan fingerprint density at radius 3 is 2.65 bits per heavy atom. The maximum absolute atomic E-state index is 10.6. The molecule has 0 amide bonds. The average Bonchev–Trinajstić information content (AvgIpc) is 3.27. The predicted octanol–water partition coefficient (Wildman–Crippen LogP) is 1.25. The van der Waals surface area contributed by atoms with Crippen LogP contribution in [0.4, 0.5) is 0 Å². The minimum atomic E-state index is -0.906. The molecule has 3 saturated heterocycles. The first kappa shape index (κ1) is 22.2. The molecule has 3 aliphatic heterocycles. The minimum absolute atomic E-state index is 0.0491. The van der Waals surface area contributed by atoms with Gasteiger partial charge in [-0.3, -0.25) is 9.85 Å². The number of hydroxylamine groups is 1. The second-order valence-corrected chi connectivity index (χ2v) is 8.33. The fraction of sp³-hybridized carbons (Fsp3) is 0.636. The number of nitrogens with zero attached hydrogens (tertiary/aromatic N) is 3. The van der Waals surface area contributed by atoms with E-state index < -0.39 is 5.97 Å². The molecular weight excluding hydrogens is 400 g/mol. The third-order valence-electron chi connectivity index (χ3n) is 6.01. The number of hydrazone groups is 1. The van der Waals surface area contributed by atoms with Gasteiger partial charge in [-0.1, -0.05) is 24.3 Å². The fourth-order valence-corrected chi connectivity index (χ4v) is 4.22. The van der Waals surface area contributed by atoms with Crippen LogP contribution in [-0.2, 0) is 19.1 Å². The Hall–Kier alpha value is -2.04. The summed E-state index contributed by atoms with van der Waals surface area (Å²) in [7, 11) is 0. The number of ether oxygens (including phenoxy) is 2. The Kier molecular flexibility index (Phi) is 7.87. The molecule has 0 saturated carbocycles. The largest absolute Gasteiger partial charge is 0.480 e. The van der Waals surface area contributed by atoms with E-state index in [0.717, 1.165) is 70.8 Å². The summed E-state index contributed by atoms with van der Waals surface area (Å²) in [4.78, 5) is 18.8. The summed E-state index contributed by atoms with van der Waals surface area (Å²) in [5, 5.41) is 15.3. The molecule has 1 aromatic rings. The van der Waals surface area contributed by atoms with Crippen molar-refractivity contribution < 1.29 is 24.2 Å². The quantitative estimate of drug-likeness (QED) is 0.593. The lowest BCUT2D eigenvalue weighted by atomic mass is 10.0. The van der Waals surface area contributed by atoms with Gasteiger partial charge in [-0.15, -0.1) is 0 Å². The zero-order valence-corrected chi connectivity index (χ0v) is 17.8. The summed E-state index contributed by atoms with van der Waals surface area (Å²) >= 11 is 0. The van der Waals surface area contributed by atoms with Crippen LogP contribution in [0.1, 0.15) is 36.4 Å². The zero-order chi connectivity index (χ0) is 21.5. The molecule has 170 valence electrons. The Morgan fingerprint density at radius 1 is 1.19 bits per heavy atom. The van der Waals surface area contributed by atoms with Crippen molar-refractivity contribution in [3.8, 4) is 0 Å². The van der Waals surface area contributed by atoms with Gasteiger partial charge in [0.2, 0.25) is 0 Å². The highest BCUT2D eigenvalue weighted by atomic mass is 16.7. The average molecular weight is 433 g/mol. The highest BCUT2D eigenvalue weighted by Crippen LogP contribution is 2.27. The van der Waals surface area contributed by atoms with E-state index in [1.165, 1.54) is 5.56 Å². The van der Waals surface area contributed by atoms with Crippen molar-refractivity contribution in [3.63, 3.8) is 0 Å². The molecule has 31 heavy (non-hydrogen) atoms. The number of carboxylic acids is 1. The minimum Gasteiger partial charge on any atom is -0.480 e. The summed E-state index contributed by atoms with van der Waals surface area (Å²) < 4.78 is 10.8. The van der Waals surface area contributed by atoms with E-state index in [9.17, 15) is 4.79 Å². The molecule has 3 fully saturated rings. The molecule has 2 N–H and O–H groups in total. The van der Waals surface area contributed by atoms with Gasteiger partial charge in [0.25, 0.3) is 0 Å². The SMILES string of the molecule is O=C(O)COC1CCN(CC2CC(c3ccc(C=NN4CCOCC4)cc3)NO2)CC1. The maximum atomic E-state index is 10.6. The lowest BCUT2D eigenvalue weighted by molar-refractivity contribution is -0.145. The van der Waals surface area contributed by atoms with Crippen molar-refractivity contribution >= 4 is 12.2 Å². The van der Waals surface area contributed by atoms with E-state index >= 15 is 0 Å². The molecule has 0 aliphatic carbocycles. The molecule has 2 atom stereocenters. The number of morpholine rings is 1. The van der Waals surface area contributed by atoms with E-state index in [4.69, 9.17) is 19.4 Å². The summed E-state index contributed by atoms with van der Waals surface area (Å²) in [5.41, 5.74) is 5.48. The van der Waals surface area contributed by atoms with Crippen LogP contribution in [0.5, 0.6) is 0 Å². The third-order valence-corrected chi connectivity index (χ3v) is 6.01. The smallest absolute Gasteiger partial charge is 0.329 e. The van der Waals surface area contributed by atoms with Crippen LogP contribution in [0.25, 0.3) is 0 Å². The molecule has 9 heteroatoms. The van der Waals surface area contributed by atoms with Crippen molar-refractivity contribution in [1.82, 2.24) is 15.4 Å². The normalized spacial score (nSPS) is 26.0. The van der Waals surface area contributed by atoms with Gasteiger partial charge in [-0.2, -0.15) is 10.6 Å². The number of likely N-dealkylation sites (tertiary alicyclic amines) is 1. The molecule has 0 aromatic heterocycles. The van der Waals surface area contributed by atoms with Crippen LogP contribution in [0.2, 0.25) is 0 Å². The van der Waals surface area contributed by atoms with Crippen LogP contribution >= 0.6 is 0 Å². The number of piperidine rings is 1. The highest BCUT2D eigenvalue weighted by Gasteiger charge is 2.30. The van der Waals surface area contributed by atoms with Crippen molar-refractivity contribution in [3.05, 3.63) is 35.4 Å². The molecule has 3 aliphatic rings. The second kappa shape index (κ2) is 11.0. The van der Waals surface area contributed by atoms with Gasteiger partial charge in [0.1, 0.15) is 6.61 Å². The molecular formula is C22H32N4O5. The summed E-state index contributed by atoms with van der Waals surface area (Å²) in [5.74, 6) is -0.906. The third kappa shape index (κ3) is 6.72. The zero-order valence-electron chi connectivity index (χ0n) is 17.8. The van der Waals surface area contributed by atoms with Gasteiger partial charge in [0.05, 0.1) is 50.8 Å². The molecule has 3 heterocycles. The monoisotopic (exact) mass is 432 g/mol. The highest BCUT2D eigenvalue weighted by molar-refractivity contribution is 5.79. The number of benzene rings is 1. The number of carbonyl (C=O) groups is 1. The van der Waals surface area contributed by atoms with Crippen molar-refractivity contribution in [2.75, 3.05) is 52.5 Å². The number of hydrogen-bond donors (Lipinski definition) is 2. The van der Waals surface area contributed by atoms with Crippen LogP contribution in [0.15, 0.2) is 29.4 Å². The fourth-order valence-electron chi connectivity index (χ4n) is 4.22. The van der Waals surface area contributed by atoms with Crippen molar-refractivity contribution in [1.29, 1.82) is 0 Å². The van der Waals surface area contributed by atoms with Gasteiger partial charge in [-0.25, -0.2) is 4.79 Å². The van der Waals surface area contributed by atoms with E-state index in [1.54, 1.807) is 0 Å². The van der Waals surface area contributed by atoms with Gasteiger partial charge >= 0.3 is 5.97 Å². The van der Waals surface area contributed by atoms with E-state index in [-0.39, 0.29) is 24.9 Å². The molecule has 0 spiro atoms. The van der Waals surface area contributed by atoms with E-state index in [2.05, 4.69) is 39.7 Å². The summed E-state index contributed by atoms with van der Waals surface area (Å²) in [6, 6.07) is 8.64. The number of hydrogen-bond acceptors (Lipinski definition) is 8. The number of rotatable bonds is 8. The van der Waals surface area contributed by atoms with Gasteiger partial charge in [-0.05, 0) is 30.4 Å². The topological polar surface area (TPSA) is 95.9 Å². The molecule has 0 radical (unpaired) electrons. The maximum Gasteiger partial charge on any atom is 0.329 e. The molecule has 1 aromatic carbocycles. The van der Waals surface area contributed by atoms with Crippen molar-refractivity contribution in [2.24, 2.45) is 5.10 Å². The lowest BCUT2D eigenvalue weighted by Gasteiger charge is -2.32. The molecule has 2 unspecified atom stereocenters. The number of carboxylic acid groups (broad SMARTS) is 1. The number of nitrogens with one attached hydrogen (secondary N) is 1. The Morgan fingerprint density at radius 2 is 1.94 bits per heavy atom. The second-order valence-electron chi connectivity index (χ2n) is 8.33. The first-order valence-electron chi connectivity index (χ1n) is 11.1. The lowest BCUT2D eigenvalue weighted by Crippen LogP contribution is -2.41. The first-order chi connectivity index (χ1) is 15.2. The Bertz CT molecular complexity index is 730. The standard InChI is InChI=1S/C22H32N4O5/c27-22(28)16-30-19-5-7-25(8-6-19)15-20-13-21(24-31-20)18-3-1-17(2-4-18)14-23-26-9-11-29-12-10-26/h1-4,14,19-21,24H,5-13,15-16H2,(H,27,28). The van der Waals surface area contributed by atoms with Gasteiger partial charge in [0.15, 0.2) is 0 Å². The van der Waals surface area contributed by atoms with Gasteiger partial charge in [0, 0.05) is 19.6 Å². The van der Waals surface area contributed by atoms with E-state index in [1.807, 2.05) is 11.2 Å². The molecule has 0 bridgehead atoms. The predicted molar refractivity (Wildman–Crippen MR) is 115 cm³/mol. The van der Waals surface area contributed by atoms with Crippen molar-refractivity contribution in [2.45, 2.75) is 37.5 Å². The molecule has 4 rings (SSSR count). The van der Waals surface area contributed by atoms with Crippen LogP contribution in [0, 0.1) is 0 Å². The van der Waals surface area contributed by atoms with Crippen LogP contribution in [-0.4, -0.2) is 92.0 Å². The Balaban J connectivity index is 1.19.